The molecule has 136 valence electrons. The molecule has 24 heavy (non-hydrogen) atoms. The van der Waals surface area contributed by atoms with Crippen LogP contribution in [0.3, 0.4) is 0 Å². The van der Waals surface area contributed by atoms with Crippen LogP contribution < -0.4 is 0 Å². The second-order valence-corrected chi connectivity index (χ2v) is 11.5. The van der Waals surface area contributed by atoms with Gasteiger partial charge in [0.25, 0.3) is 0 Å². The SMILES string of the molecule is CC1C2(C)CCC(C2)C1(C)CC(=O)CC1(C)C2CCC(C)(C2)C1C. The maximum atomic E-state index is 13.2. The van der Waals surface area contributed by atoms with Crippen LogP contribution >= 0.6 is 0 Å². The molecular formula is C23H38O. The van der Waals surface area contributed by atoms with E-state index in [1.807, 2.05) is 0 Å². The summed E-state index contributed by atoms with van der Waals surface area (Å²) in [4.78, 5) is 13.2. The predicted octanol–water partition coefficient (Wildman–Crippen LogP) is 6.26. The molecule has 0 aromatic heterocycles. The van der Waals surface area contributed by atoms with Crippen molar-refractivity contribution >= 4 is 5.78 Å². The van der Waals surface area contributed by atoms with Gasteiger partial charge in [0, 0.05) is 12.8 Å². The molecule has 4 fully saturated rings. The van der Waals surface area contributed by atoms with E-state index in [2.05, 4.69) is 41.5 Å². The minimum absolute atomic E-state index is 0.269. The highest BCUT2D eigenvalue weighted by atomic mass is 16.1. The van der Waals surface area contributed by atoms with Gasteiger partial charge in [0.15, 0.2) is 0 Å². The summed E-state index contributed by atoms with van der Waals surface area (Å²) in [5, 5.41) is 0. The van der Waals surface area contributed by atoms with Gasteiger partial charge in [0.05, 0.1) is 0 Å². The first-order valence-electron chi connectivity index (χ1n) is 10.6. The summed E-state index contributed by atoms with van der Waals surface area (Å²) in [7, 11) is 0. The molecule has 4 saturated carbocycles. The lowest BCUT2D eigenvalue weighted by molar-refractivity contribution is -0.127. The number of rotatable bonds is 4. The monoisotopic (exact) mass is 330 g/mol. The first-order chi connectivity index (χ1) is 11.0. The fourth-order valence-electron chi connectivity index (χ4n) is 8.26. The van der Waals surface area contributed by atoms with E-state index >= 15 is 0 Å². The van der Waals surface area contributed by atoms with Crippen molar-refractivity contribution in [2.75, 3.05) is 0 Å². The quantitative estimate of drug-likeness (QED) is 0.594. The molecule has 0 N–H and O–H groups in total. The third-order valence-corrected chi connectivity index (χ3v) is 10.6. The Kier molecular flexibility index (Phi) is 3.48. The minimum Gasteiger partial charge on any atom is -0.300 e. The summed E-state index contributed by atoms with van der Waals surface area (Å²) in [5.41, 5.74) is 1.56. The first-order valence-corrected chi connectivity index (χ1v) is 10.6. The van der Waals surface area contributed by atoms with E-state index in [9.17, 15) is 4.79 Å². The van der Waals surface area contributed by atoms with Crippen LogP contribution in [0.5, 0.6) is 0 Å². The van der Waals surface area contributed by atoms with Crippen molar-refractivity contribution in [1.82, 2.24) is 0 Å². The number of ketones is 1. The molecule has 4 aliphatic rings. The van der Waals surface area contributed by atoms with Gasteiger partial charge in [-0.25, -0.2) is 0 Å². The number of hydrogen-bond donors (Lipinski definition) is 0. The number of fused-ring (bicyclic) bond motifs is 4. The summed E-state index contributed by atoms with van der Waals surface area (Å²) in [5.74, 6) is 3.57. The van der Waals surface area contributed by atoms with E-state index in [-0.39, 0.29) is 10.8 Å². The Bertz CT molecular complexity index is 518. The van der Waals surface area contributed by atoms with Gasteiger partial charge >= 0.3 is 0 Å². The predicted molar refractivity (Wildman–Crippen MR) is 99.7 cm³/mol. The Hall–Kier alpha value is -0.330. The molecule has 4 rings (SSSR count). The molecule has 0 aromatic rings. The molecule has 0 amide bonds. The zero-order valence-electron chi connectivity index (χ0n) is 16.9. The zero-order chi connectivity index (χ0) is 17.5. The Balaban J connectivity index is 1.48. The van der Waals surface area contributed by atoms with Crippen molar-refractivity contribution in [2.45, 2.75) is 92.9 Å². The van der Waals surface area contributed by atoms with Gasteiger partial charge in [0.2, 0.25) is 0 Å². The van der Waals surface area contributed by atoms with Crippen LogP contribution in [0.4, 0.5) is 0 Å². The average molecular weight is 331 g/mol. The van der Waals surface area contributed by atoms with Crippen LogP contribution in [0.2, 0.25) is 0 Å². The second kappa shape index (κ2) is 4.89. The fourth-order valence-corrected chi connectivity index (χ4v) is 8.26. The van der Waals surface area contributed by atoms with Gasteiger partial charge in [-0.05, 0) is 83.9 Å². The van der Waals surface area contributed by atoms with Gasteiger partial charge in [-0.15, -0.1) is 0 Å². The maximum Gasteiger partial charge on any atom is 0.134 e. The third-order valence-electron chi connectivity index (χ3n) is 10.6. The van der Waals surface area contributed by atoms with Gasteiger partial charge in [0.1, 0.15) is 5.78 Å². The van der Waals surface area contributed by atoms with Crippen LogP contribution in [0.15, 0.2) is 0 Å². The molecular weight excluding hydrogens is 292 g/mol. The molecule has 8 atom stereocenters. The lowest BCUT2D eigenvalue weighted by Crippen LogP contribution is -2.40. The average Bonchev–Trinajstić information content (AvgIpc) is 3.17. The lowest BCUT2D eigenvalue weighted by Gasteiger charge is -2.45. The van der Waals surface area contributed by atoms with Crippen molar-refractivity contribution in [3.63, 3.8) is 0 Å². The summed E-state index contributed by atoms with van der Waals surface area (Å²) in [6, 6.07) is 0. The Morgan fingerprint density at radius 3 is 1.46 bits per heavy atom. The molecule has 0 heterocycles. The third kappa shape index (κ3) is 2.02. The number of Topliss-reactive ketones (excluding diaryl/α,β-unsaturated/α-hetero) is 1. The van der Waals surface area contributed by atoms with E-state index in [0.29, 0.717) is 28.4 Å². The van der Waals surface area contributed by atoms with Gasteiger partial charge in [-0.2, -0.15) is 0 Å². The molecule has 0 aliphatic heterocycles. The molecule has 0 saturated heterocycles. The van der Waals surface area contributed by atoms with Crippen molar-refractivity contribution in [1.29, 1.82) is 0 Å². The minimum atomic E-state index is 0.269. The Morgan fingerprint density at radius 1 is 0.792 bits per heavy atom. The van der Waals surface area contributed by atoms with E-state index in [0.717, 1.165) is 24.7 Å². The van der Waals surface area contributed by atoms with Crippen molar-refractivity contribution in [3.05, 3.63) is 0 Å². The molecule has 4 aliphatic carbocycles. The molecule has 1 heteroatoms. The van der Waals surface area contributed by atoms with E-state index in [4.69, 9.17) is 0 Å². The Morgan fingerprint density at radius 2 is 1.17 bits per heavy atom. The molecule has 0 radical (unpaired) electrons. The smallest absolute Gasteiger partial charge is 0.134 e. The highest BCUT2D eigenvalue weighted by Crippen LogP contribution is 2.69. The molecule has 1 nitrogen and oxygen atoms in total. The summed E-state index contributed by atoms with van der Waals surface area (Å²) < 4.78 is 0. The standard InChI is InChI=1S/C23H38O/c1-15-20(3)9-7-17(11-20)22(15,5)13-19(24)14-23(6)16(2)21(4)10-8-18(23)12-21/h15-18H,7-14H2,1-6H3. The summed E-state index contributed by atoms with van der Waals surface area (Å²) in [6.45, 7) is 14.7. The highest BCUT2D eigenvalue weighted by Gasteiger charge is 2.62. The summed E-state index contributed by atoms with van der Waals surface area (Å²) in [6.07, 6.45) is 9.92. The van der Waals surface area contributed by atoms with Gasteiger partial charge in [-0.1, -0.05) is 41.5 Å². The van der Waals surface area contributed by atoms with E-state index < -0.39 is 0 Å². The van der Waals surface area contributed by atoms with Crippen molar-refractivity contribution in [2.24, 2.45) is 45.3 Å². The van der Waals surface area contributed by atoms with Crippen LogP contribution in [0.25, 0.3) is 0 Å². The van der Waals surface area contributed by atoms with Crippen LogP contribution in [-0.4, -0.2) is 5.78 Å². The molecule has 8 unspecified atom stereocenters. The number of carbonyl (C=O) groups is 1. The lowest BCUT2D eigenvalue weighted by atomic mass is 9.59. The van der Waals surface area contributed by atoms with Crippen molar-refractivity contribution in [3.8, 4) is 0 Å². The largest absolute Gasteiger partial charge is 0.300 e. The number of carbonyl (C=O) groups excluding carboxylic acids is 1. The summed E-state index contributed by atoms with van der Waals surface area (Å²) >= 11 is 0. The van der Waals surface area contributed by atoms with Crippen LogP contribution in [-0.2, 0) is 4.79 Å². The van der Waals surface area contributed by atoms with Crippen LogP contribution in [0, 0.1) is 45.3 Å². The molecule has 0 spiro atoms. The van der Waals surface area contributed by atoms with Crippen LogP contribution in [0.1, 0.15) is 92.9 Å². The van der Waals surface area contributed by atoms with Crippen molar-refractivity contribution < 1.29 is 4.79 Å². The second-order valence-electron chi connectivity index (χ2n) is 11.5. The zero-order valence-corrected chi connectivity index (χ0v) is 16.9. The topological polar surface area (TPSA) is 17.1 Å². The number of hydrogen-bond acceptors (Lipinski definition) is 1. The molecule has 0 aromatic carbocycles. The maximum absolute atomic E-state index is 13.2. The fraction of sp³-hybridized carbons (Fsp3) is 0.957. The first kappa shape index (κ1) is 17.1. The van der Waals surface area contributed by atoms with Gasteiger partial charge < -0.3 is 0 Å². The van der Waals surface area contributed by atoms with Gasteiger partial charge in [-0.3, -0.25) is 4.79 Å². The van der Waals surface area contributed by atoms with E-state index in [1.54, 1.807) is 0 Å². The van der Waals surface area contributed by atoms with E-state index in [1.165, 1.54) is 38.5 Å². The molecule has 4 bridgehead atoms. The Labute approximate surface area is 149 Å². The highest BCUT2D eigenvalue weighted by molar-refractivity contribution is 5.80. The normalized spacial score (nSPS) is 58.6.